The summed E-state index contributed by atoms with van der Waals surface area (Å²) in [6, 6.07) is -0.684. The lowest BCUT2D eigenvalue weighted by atomic mass is 9.85. The predicted molar refractivity (Wildman–Crippen MR) is 105 cm³/mol. The quantitative estimate of drug-likeness (QED) is 0.550. The van der Waals surface area contributed by atoms with Crippen LogP contribution in [0.2, 0.25) is 0 Å². The molecule has 2 aliphatic carbocycles. The van der Waals surface area contributed by atoms with Crippen LogP contribution in [0.25, 0.3) is 0 Å². The number of fused-ring (bicyclic) bond motifs is 1. The first-order chi connectivity index (χ1) is 13.0. The maximum absolute atomic E-state index is 12.9. The molecule has 3 rings (SSSR count). The molecule has 3 atom stereocenters. The van der Waals surface area contributed by atoms with E-state index in [1.54, 1.807) is 0 Å². The highest BCUT2D eigenvalue weighted by Gasteiger charge is 2.51. The minimum Gasteiger partial charge on any atom is -0.354 e. The highest BCUT2D eigenvalue weighted by molar-refractivity contribution is 6.08. The second kappa shape index (κ2) is 8.85. The van der Waals surface area contributed by atoms with Gasteiger partial charge in [0.2, 0.25) is 17.7 Å². The molecule has 5 heteroatoms. The number of nitrogens with one attached hydrogen (secondary N) is 1. The number of allylic oxidation sites excluding steroid dienone is 3. The van der Waals surface area contributed by atoms with Crippen LogP contribution in [0.4, 0.5) is 0 Å². The predicted octanol–water partition coefficient (Wildman–Crippen LogP) is 3.36. The van der Waals surface area contributed by atoms with Crippen LogP contribution in [0.3, 0.4) is 0 Å². The molecule has 0 radical (unpaired) electrons. The second-order valence-corrected chi connectivity index (χ2v) is 8.50. The number of nitrogens with zero attached hydrogens (tertiary/aromatic N) is 1. The van der Waals surface area contributed by atoms with Crippen molar-refractivity contribution in [3.63, 3.8) is 0 Å². The lowest BCUT2D eigenvalue weighted by Crippen LogP contribution is -2.50. The van der Waals surface area contributed by atoms with E-state index in [0.29, 0.717) is 25.8 Å². The van der Waals surface area contributed by atoms with Gasteiger partial charge in [0.25, 0.3) is 0 Å². The summed E-state index contributed by atoms with van der Waals surface area (Å²) in [4.78, 5) is 40.0. The average Bonchev–Trinajstić information content (AvgIpc) is 2.91. The highest BCUT2D eigenvalue weighted by Crippen LogP contribution is 2.37. The van der Waals surface area contributed by atoms with E-state index >= 15 is 0 Å². The van der Waals surface area contributed by atoms with Crippen molar-refractivity contribution in [2.24, 2.45) is 17.8 Å². The van der Waals surface area contributed by atoms with Gasteiger partial charge in [-0.1, -0.05) is 37.6 Å². The fourth-order valence-corrected chi connectivity index (χ4v) is 4.51. The largest absolute Gasteiger partial charge is 0.354 e. The summed E-state index contributed by atoms with van der Waals surface area (Å²) in [6.07, 6.45) is 13.6. The van der Waals surface area contributed by atoms with Gasteiger partial charge < -0.3 is 5.32 Å². The fourth-order valence-electron chi connectivity index (χ4n) is 4.51. The summed E-state index contributed by atoms with van der Waals surface area (Å²) in [5.41, 5.74) is 1.41. The van der Waals surface area contributed by atoms with Gasteiger partial charge >= 0.3 is 0 Å². The zero-order chi connectivity index (χ0) is 19.4. The van der Waals surface area contributed by atoms with E-state index in [2.05, 4.69) is 11.4 Å². The minimum absolute atomic E-state index is 0.162. The zero-order valence-electron chi connectivity index (χ0n) is 16.6. The lowest BCUT2D eigenvalue weighted by molar-refractivity contribution is -0.148. The zero-order valence-corrected chi connectivity index (χ0v) is 16.6. The van der Waals surface area contributed by atoms with Gasteiger partial charge in [-0.15, -0.1) is 0 Å². The minimum atomic E-state index is -0.684. The average molecular weight is 373 g/mol. The molecule has 1 heterocycles. The third kappa shape index (κ3) is 4.50. The Kier molecular flexibility index (Phi) is 6.51. The number of carbonyl (C=O) groups is 3. The van der Waals surface area contributed by atoms with Gasteiger partial charge in [-0.3, -0.25) is 19.3 Å². The van der Waals surface area contributed by atoms with Gasteiger partial charge in [0.1, 0.15) is 6.04 Å². The molecule has 0 spiro atoms. The van der Waals surface area contributed by atoms with Crippen molar-refractivity contribution in [1.29, 1.82) is 0 Å². The van der Waals surface area contributed by atoms with Crippen LogP contribution in [-0.4, -0.2) is 35.2 Å². The number of carbonyl (C=O) groups excluding carboxylic acids is 3. The molecule has 1 saturated heterocycles. The Morgan fingerprint density at radius 1 is 1.15 bits per heavy atom. The van der Waals surface area contributed by atoms with E-state index in [1.807, 2.05) is 26.0 Å². The van der Waals surface area contributed by atoms with Gasteiger partial charge in [0.15, 0.2) is 0 Å². The van der Waals surface area contributed by atoms with Crippen LogP contribution < -0.4 is 5.32 Å². The SMILES string of the molecule is CC(C)CC(C(=O)NCCC1=CCCCC1)N1C(=O)C2CC=CCC2C1=O. The first-order valence-corrected chi connectivity index (χ1v) is 10.5. The molecule has 1 fully saturated rings. The number of hydrogen-bond donors (Lipinski definition) is 1. The van der Waals surface area contributed by atoms with Crippen molar-refractivity contribution in [2.45, 2.75) is 71.3 Å². The molecule has 1 N–H and O–H groups in total. The first-order valence-electron chi connectivity index (χ1n) is 10.5. The van der Waals surface area contributed by atoms with E-state index in [0.717, 1.165) is 19.3 Å². The van der Waals surface area contributed by atoms with E-state index in [-0.39, 0.29) is 35.5 Å². The number of amides is 3. The molecule has 0 bridgehead atoms. The number of hydrogen-bond acceptors (Lipinski definition) is 3. The molecular weight excluding hydrogens is 340 g/mol. The topological polar surface area (TPSA) is 66.5 Å². The number of likely N-dealkylation sites (tertiary alicyclic amines) is 1. The first kappa shape index (κ1) is 19.8. The molecular formula is C22H32N2O3. The maximum Gasteiger partial charge on any atom is 0.243 e. The van der Waals surface area contributed by atoms with Crippen molar-refractivity contribution >= 4 is 17.7 Å². The van der Waals surface area contributed by atoms with Crippen molar-refractivity contribution in [3.8, 4) is 0 Å². The monoisotopic (exact) mass is 372 g/mol. The van der Waals surface area contributed by atoms with Gasteiger partial charge in [-0.25, -0.2) is 0 Å². The second-order valence-electron chi connectivity index (χ2n) is 8.50. The van der Waals surface area contributed by atoms with Gasteiger partial charge in [0, 0.05) is 6.54 Å². The third-order valence-corrected chi connectivity index (χ3v) is 5.98. The lowest BCUT2D eigenvalue weighted by Gasteiger charge is -2.27. The van der Waals surface area contributed by atoms with E-state index in [1.165, 1.54) is 23.3 Å². The van der Waals surface area contributed by atoms with Crippen LogP contribution in [-0.2, 0) is 14.4 Å². The Morgan fingerprint density at radius 2 is 1.81 bits per heavy atom. The molecule has 148 valence electrons. The highest BCUT2D eigenvalue weighted by atomic mass is 16.2. The summed E-state index contributed by atoms with van der Waals surface area (Å²) in [5.74, 6) is -0.846. The van der Waals surface area contributed by atoms with E-state index < -0.39 is 6.04 Å². The van der Waals surface area contributed by atoms with Crippen molar-refractivity contribution in [3.05, 3.63) is 23.8 Å². The Balaban J connectivity index is 1.66. The van der Waals surface area contributed by atoms with Crippen LogP contribution in [0, 0.1) is 17.8 Å². The molecule has 3 aliphatic rings. The molecule has 0 aromatic heterocycles. The molecule has 0 saturated carbocycles. The van der Waals surface area contributed by atoms with Crippen LogP contribution in [0.1, 0.15) is 65.2 Å². The van der Waals surface area contributed by atoms with Crippen molar-refractivity contribution < 1.29 is 14.4 Å². The van der Waals surface area contributed by atoms with Gasteiger partial charge in [0.05, 0.1) is 11.8 Å². The Hall–Kier alpha value is -1.91. The summed E-state index contributed by atoms with van der Waals surface area (Å²) < 4.78 is 0. The van der Waals surface area contributed by atoms with Crippen LogP contribution in [0.5, 0.6) is 0 Å². The summed E-state index contributed by atoms with van der Waals surface area (Å²) in [5, 5.41) is 2.99. The smallest absolute Gasteiger partial charge is 0.243 e. The normalized spacial score (nSPS) is 26.2. The summed E-state index contributed by atoms with van der Waals surface area (Å²) in [6.45, 7) is 4.61. The Morgan fingerprint density at radius 3 is 2.37 bits per heavy atom. The Labute approximate surface area is 162 Å². The van der Waals surface area contributed by atoms with Crippen LogP contribution >= 0.6 is 0 Å². The molecule has 0 aromatic rings. The molecule has 0 aromatic carbocycles. The third-order valence-electron chi connectivity index (χ3n) is 5.98. The molecule has 5 nitrogen and oxygen atoms in total. The molecule has 27 heavy (non-hydrogen) atoms. The number of rotatable bonds is 7. The molecule has 1 aliphatic heterocycles. The van der Waals surface area contributed by atoms with Gasteiger partial charge in [-0.05, 0) is 57.3 Å². The maximum atomic E-state index is 12.9. The van der Waals surface area contributed by atoms with Crippen molar-refractivity contribution in [2.75, 3.05) is 6.54 Å². The Bertz CT molecular complexity index is 624. The van der Waals surface area contributed by atoms with Crippen LogP contribution in [0.15, 0.2) is 23.8 Å². The van der Waals surface area contributed by atoms with E-state index in [4.69, 9.17) is 0 Å². The number of imide groups is 1. The standard InChI is InChI=1S/C22H32N2O3/c1-15(2)14-19(20(25)23-13-12-16-8-4-3-5-9-16)24-21(26)17-10-6-7-11-18(17)22(24)27/h6-8,15,17-19H,3-5,9-14H2,1-2H3,(H,23,25). The summed E-state index contributed by atoms with van der Waals surface area (Å²) in [7, 11) is 0. The molecule has 3 unspecified atom stereocenters. The van der Waals surface area contributed by atoms with Crippen molar-refractivity contribution in [1.82, 2.24) is 10.2 Å². The summed E-state index contributed by atoms with van der Waals surface area (Å²) >= 11 is 0. The molecule has 3 amide bonds. The fraction of sp³-hybridized carbons (Fsp3) is 0.682. The van der Waals surface area contributed by atoms with E-state index in [9.17, 15) is 14.4 Å². The van der Waals surface area contributed by atoms with Gasteiger partial charge in [-0.2, -0.15) is 0 Å².